The molecule has 0 radical (unpaired) electrons. The number of hydrogen-bond acceptors (Lipinski definition) is 14. The van der Waals surface area contributed by atoms with E-state index in [0.29, 0.717) is 10.7 Å². The largest absolute Gasteiger partial charge is 0.477 e. The summed E-state index contributed by atoms with van der Waals surface area (Å²) < 4.78 is 10.6. The van der Waals surface area contributed by atoms with E-state index in [9.17, 15) is 19.5 Å². The summed E-state index contributed by atoms with van der Waals surface area (Å²) in [6, 6.07) is 0. The Balaban J connectivity index is 1.58. The molecule has 0 bridgehead atoms. The van der Waals surface area contributed by atoms with Gasteiger partial charge in [-0.05, 0) is 27.5 Å². The zero-order chi connectivity index (χ0) is 24.5. The molecular formula is C16H17N9O6S3. The van der Waals surface area contributed by atoms with Gasteiger partial charge in [0.1, 0.15) is 23.9 Å². The van der Waals surface area contributed by atoms with Crippen molar-refractivity contribution in [2.75, 3.05) is 25.7 Å². The van der Waals surface area contributed by atoms with Crippen LogP contribution in [-0.2, 0) is 31.0 Å². The number of nitrogens with zero attached hydrogens (tertiary/aromatic N) is 8. The normalized spacial score (nSPS) is 22.3. The number of tetrazole rings is 1. The first-order chi connectivity index (χ1) is 16.3. The van der Waals surface area contributed by atoms with Crippen molar-refractivity contribution in [2.24, 2.45) is 12.2 Å². The number of carbonyl (C=O) groups excluding carboxylic acids is 2. The molecule has 2 aromatic rings. The molecule has 2 aromatic heterocycles. The number of carbonyl (C=O) groups is 3. The van der Waals surface area contributed by atoms with Gasteiger partial charge in [-0.15, -0.1) is 22.0 Å². The lowest BCUT2D eigenvalue weighted by Gasteiger charge is -2.55. The summed E-state index contributed by atoms with van der Waals surface area (Å²) in [6.07, 6.45) is 0. The zero-order valence-electron chi connectivity index (χ0n) is 17.9. The highest BCUT2D eigenvalue weighted by Gasteiger charge is 2.66. The van der Waals surface area contributed by atoms with E-state index in [2.05, 4.69) is 35.6 Å². The third-order valence-corrected chi connectivity index (χ3v) is 7.87. The van der Waals surface area contributed by atoms with E-state index in [1.54, 1.807) is 7.05 Å². The summed E-state index contributed by atoms with van der Waals surface area (Å²) in [6.45, 7) is 0. The van der Waals surface area contributed by atoms with Gasteiger partial charge >= 0.3 is 5.97 Å². The van der Waals surface area contributed by atoms with Crippen molar-refractivity contribution in [2.45, 2.75) is 16.3 Å². The standard InChI is InChI=1S/C16H17N9O6S3/c1-24-15(19-21-22-24)33-5-7-4-32-14-16(30-2,13(29)25(14)10(7)12(27)28)17-11(26)9(20-31-3)8-6-34-23-18-8/h6,14H,4-5H2,1-3H3,(H,17,26)(H,27,28)/t14-,16?/m1/s1. The Bertz CT molecular complexity index is 1180. The number of aromatic nitrogens is 6. The molecular weight excluding hydrogens is 510 g/mol. The van der Waals surface area contributed by atoms with Crippen LogP contribution in [0.5, 0.6) is 0 Å². The zero-order valence-corrected chi connectivity index (χ0v) is 20.3. The van der Waals surface area contributed by atoms with Crippen LogP contribution in [0, 0.1) is 0 Å². The van der Waals surface area contributed by atoms with Gasteiger partial charge in [0.15, 0.2) is 5.71 Å². The SMILES string of the molecule is CON=C(C(=O)NC1(OC)C(=O)N2C(C(=O)O)=C(CSc3nnnn3C)CS[C@@H]21)c1csnn1. The van der Waals surface area contributed by atoms with Crippen LogP contribution in [0.25, 0.3) is 0 Å². The molecule has 2 N–H and O–H groups in total. The minimum Gasteiger partial charge on any atom is -0.477 e. The maximum absolute atomic E-state index is 13.2. The summed E-state index contributed by atoms with van der Waals surface area (Å²) in [5.41, 5.74) is -1.50. The summed E-state index contributed by atoms with van der Waals surface area (Å²) in [5, 5.41) is 32.2. The summed E-state index contributed by atoms with van der Waals surface area (Å²) >= 11 is 3.51. The number of carboxylic acid groups (broad SMARTS) is 1. The second-order valence-electron chi connectivity index (χ2n) is 6.78. The topological polar surface area (TPSA) is 187 Å². The van der Waals surface area contributed by atoms with E-state index in [4.69, 9.17) is 9.57 Å². The highest BCUT2D eigenvalue weighted by atomic mass is 32.2. The average molecular weight is 528 g/mol. The Morgan fingerprint density at radius 2 is 2.21 bits per heavy atom. The van der Waals surface area contributed by atoms with E-state index >= 15 is 0 Å². The third-order valence-electron chi connectivity index (χ3n) is 4.89. The minimum absolute atomic E-state index is 0.152. The summed E-state index contributed by atoms with van der Waals surface area (Å²) in [4.78, 5) is 44.1. The van der Waals surface area contributed by atoms with Crippen molar-refractivity contribution in [1.29, 1.82) is 0 Å². The van der Waals surface area contributed by atoms with Gasteiger partial charge in [0, 0.05) is 31.0 Å². The van der Waals surface area contributed by atoms with Gasteiger partial charge in [0.05, 0.1) is 0 Å². The fourth-order valence-corrected chi connectivity index (χ4v) is 6.21. The lowest BCUT2D eigenvalue weighted by molar-refractivity contribution is -0.191. The highest BCUT2D eigenvalue weighted by molar-refractivity contribution is 8.01. The molecule has 0 spiro atoms. The number of fused-ring (bicyclic) bond motifs is 1. The number of nitrogens with one attached hydrogen (secondary N) is 1. The molecule has 180 valence electrons. The fraction of sp³-hybridized carbons (Fsp3) is 0.438. The van der Waals surface area contributed by atoms with E-state index < -0.39 is 28.9 Å². The molecule has 1 saturated heterocycles. The highest BCUT2D eigenvalue weighted by Crippen LogP contribution is 2.47. The number of hydrogen-bond donors (Lipinski definition) is 2. The third kappa shape index (κ3) is 4.01. The predicted octanol–water partition coefficient (Wildman–Crippen LogP) is -1.08. The van der Waals surface area contributed by atoms with E-state index in [-0.39, 0.29) is 28.6 Å². The smallest absolute Gasteiger partial charge is 0.352 e. The van der Waals surface area contributed by atoms with Crippen LogP contribution in [0.4, 0.5) is 0 Å². The van der Waals surface area contributed by atoms with Crippen LogP contribution in [0.1, 0.15) is 5.69 Å². The van der Waals surface area contributed by atoms with Gasteiger partial charge in [-0.3, -0.25) is 14.5 Å². The predicted molar refractivity (Wildman–Crippen MR) is 119 cm³/mol. The van der Waals surface area contributed by atoms with Gasteiger partial charge < -0.3 is 20.0 Å². The van der Waals surface area contributed by atoms with Gasteiger partial charge in [0.25, 0.3) is 17.5 Å². The second kappa shape index (κ2) is 9.65. The number of oxime groups is 1. The number of β-lactam (4-membered cyclic amide) rings is 1. The number of ether oxygens (including phenoxy) is 1. The molecule has 2 amide bonds. The molecule has 0 aliphatic carbocycles. The molecule has 2 aliphatic heterocycles. The van der Waals surface area contributed by atoms with E-state index in [1.807, 2.05) is 0 Å². The fourth-order valence-electron chi connectivity index (χ4n) is 3.34. The maximum atomic E-state index is 13.2. The number of carboxylic acids is 1. The molecule has 2 aliphatic rings. The first-order valence-electron chi connectivity index (χ1n) is 9.36. The molecule has 2 atom stereocenters. The number of thioether (sulfide) groups is 2. The molecule has 0 aromatic carbocycles. The molecule has 1 unspecified atom stereocenters. The number of aryl methyl sites for hydroxylation is 1. The van der Waals surface area contributed by atoms with Crippen LogP contribution in [0.2, 0.25) is 0 Å². The Kier molecular flexibility index (Phi) is 6.82. The molecule has 4 heterocycles. The second-order valence-corrected chi connectivity index (χ2v) is 9.40. The van der Waals surface area contributed by atoms with Gasteiger partial charge in [-0.2, -0.15) is 0 Å². The summed E-state index contributed by atoms with van der Waals surface area (Å²) in [7, 11) is 4.18. The number of methoxy groups -OCH3 is 1. The van der Waals surface area contributed by atoms with Crippen LogP contribution in [0.15, 0.2) is 27.0 Å². The van der Waals surface area contributed by atoms with Gasteiger partial charge in [-0.1, -0.05) is 21.4 Å². The van der Waals surface area contributed by atoms with Gasteiger partial charge in [0.2, 0.25) is 5.16 Å². The number of rotatable bonds is 9. The van der Waals surface area contributed by atoms with Crippen LogP contribution in [0.3, 0.4) is 0 Å². The molecule has 4 rings (SSSR count). The number of aliphatic carboxylic acids is 1. The van der Waals surface area contributed by atoms with Crippen molar-refractivity contribution in [3.8, 4) is 0 Å². The number of amides is 2. The van der Waals surface area contributed by atoms with Crippen molar-refractivity contribution < 1.29 is 29.1 Å². The average Bonchev–Trinajstić information content (AvgIpc) is 3.50. The Morgan fingerprint density at radius 1 is 1.41 bits per heavy atom. The maximum Gasteiger partial charge on any atom is 0.352 e. The lowest BCUT2D eigenvalue weighted by atomic mass is 9.98. The van der Waals surface area contributed by atoms with Crippen LogP contribution >= 0.6 is 35.1 Å². The quantitative estimate of drug-likeness (QED) is 0.132. The summed E-state index contributed by atoms with van der Waals surface area (Å²) in [5.74, 6) is -2.25. The molecule has 34 heavy (non-hydrogen) atoms. The van der Waals surface area contributed by atoms with Crippen LogP contribution < -0.4 is 5.32 Å². The Hall–Kier alpha value is -3.09. The first-order valence-corrected chi connectivity index (χ1v) is 12.2. The lowest BCUT2D eigenvalue weighted by Crippen LogP contribution is -2.81. The molecule has 18 heteroatoms. The Labute approximate surface area is 204 Å². The minimum atomic E-state index is -1.80. The van der Waals surface area contributed by atoms with Crippen molar-refractivity contribution in [3.63, 3.8) is 0 Å². The van der Waals surface area contributed by atoms with Crippen molar-refractivity contribution >= 4 is 58.6 Å². The van der Waals surface area contributed by atoms with Gasteiger partial charge in [-0.25, -0.2) is 9.48 Å². The molecule has 15 nitrogen and oxygen atoms in total. The first kappa shape index (κ1) is 24.0. The van der Waals surface area contributed by atoms with Crippen molar-refractivity contribution in [3.05, 3.63) is 22.3 Å². The molecule has 0 saturated carbocycles. The molecule has 1 fully saturated rings. The van der Waals surface area contributed by atoms with E-state index in [1.165, 1.54) is 47.8 Å². The Morgan fingerprint density at radius 3 is 2.79 bits per heavy atom. The van der Waals surface area contributed by atoms with Crippen LogP contribution in [-0.4, -0.2) is 100 Å². The van der Waals surface area contributed by atoms with E-state index in [0.717, 1.165) is 16.4 Å². The monoisotopic (exact) mass is 527 g/mol. The van der Waals surface area contributed by atoms with Crippen molar-refractivity contribution in [1.82, 2.24) is 40.0 Å².